The van der Waals surface area contributed by atoms with E-state index in [1.165, 1.54) is 5.56 Å². The molecule has 1 aliphatic heterocycles. The van der Waals surface area contributed by atoms with Crippen LogP contribution in [0.5, 0.6) is 0 Å². The van der Waals surface area contributed by atoms with E-state index in [1.807, 2.05) is 35.2 Å². The summed E-state index contributed by atoms with van der Waals surface area (Å²) in [5, 5.41) is 22.2. The average molecular weight is 512 g/mol. The average Bonchev–Trinajstić information content (AvgIpc) is 3.39. The first-order valence-corrected chi connectivity index (χ1v) is 13.5. The minimum atomic E-state index is -0.264. The first-order valence-electron chi connectivity index (χ1n) is 13.5. The van der Waals surface area contributed by atoms with Crippen molar-refractivity contribution in [3.8, 4) is 16.9 Å². The van der Waals surface area contributed by atoms with Crippen LogP contribution in [0.15, 0.2) is 54.7 Å². The summed E-state index contributed by atoms with van der Waals surface area (Å²) < 4.78 is 1.76. The van der Waals surface area contributed by atoms with Crippen molar-refractivity contribution >= 4 is 22.9 Å². The minimum absolute atomic E-state index is 0.0690. The molecule has 0 atom stereocenters. The Morgan fingerprint density at radius 2 is 1.71 bits per heavy atom. The van der Waals surface area contributed by atoms with Gasteiger partial charge in [-0.15, -0.1) is 5.10 Å². The molecule has 0 unspecified atom stereocenters. The molecule has 1 aliphatic carbocycles. The fourth-order valence-corrected chi connectivity index (χ4v) is 5.76. The zero-order chi connectivity index (χ0) is 26.1. The van der Waals surface area contributed by atoms with E-state index in [4.69, 9.17) is 4.98 Å². The number of amides is 1. The molecule has 0 radical (unpaired) electrons. The van der Waals surface area contributed by atoms with Crippen LogP contribution in [-0.4, -0.2) is 66.1 Å². The smallest absolute Gasteiger partial charge is 0.225 e. The van der Waals surface area contributed by atoms with Crippen LogP contribution < -0.4 is 5.32 Å². The van der Waals surface area contributed by atoms with Crippen molar-refractivity contribution < 1.29 is 9.90 Å². The van der Waals surface area contributed by atoms with Gasteiger partial charge in [0.1, 0.15) is 5.52 Å². The number of piperidine rings is 1. The lowest BCUT2D eigenvalue weighted by atomic mass is 9.85. The van der Waals surface area contributed by atoms with Crippen molar-refractivity contribution in [3.63, 3.8) is 0 Å². The maximum atomic E-state index is 12.9. The van der Waals surface area contributed by atoms with Crippen LogP contribution in [0.3, 0.4) is 0 Å². The van der Waals surface area contributed by atoms with Gasteiger partial charge in [-0.1, -0.05) is 41.6 Å². The molecule has 1 saturated carbocycles. The number of anilines is 1. The normalized spacial score (nSPS) is 20.5. The van der Waals surface area contributed by atoms with Crippen molar-refractivity contribution in [1.82, 2.24) is 29.9 Å². The Kier molecular flexibility index (Phi) is 6.76. The number of aromatic nitrogens is 5. The molecule has 9 heteroatoms. The number of aliphatic hydroxyl groups is 1. The van der Waals surface area contributed by atoms with Crippen LogP contribution in [0.25, 0.3) is 28.0 Å². The van der Waals surface area contributed by atoms with Crippen LogP contribution in [0.1, 0.15) is 44.1 Å². The van der Waals surface area contributed by atoms with Crippen LogP contribution in [-0.2, 0) is 4.79 Å². The topological polar surface area (TPSA) is 109 Å². The van der Waals surface area contributed by atoms with E-state index >= 15 is 0 Å². The van der Waals surface area contributed by atoms with Gasteiger partial charge in [-0.3, -0.25) is 4.79 Å². The molecule has 2 N–H and O–H groups in total. The van der Waals surface area contributed by atoms with Gasteiger partial charge in [-0.25, -0.2) is 4.98 Å². The van der Waals surface area contributed by atoms with Crippen molar-refractivity contribution in [2.24, 2.45) is 5.92 Å². The largest absolute Gasteiger partial charge is 0.393 e. The van der Waals surface area contributed by atoms with Gasteiger partial charge in [-0.05, 0) is 62.6 Å². The van der Waals surface area contributed by atoms with Crippen molar-refractivity contribution in [1.29, 1.82) is 0 Å². The number of aryl methyl sites for hydroxylation is 1. The van der Waals surface area contributed by atoms with Gasteiger partial charge < -0.3 is 15.3 Å². The summed E-state index contributed by atoms with van der Waals surface area (Å²) in [7, 11) is 0. The van der Waals surface area contributed by atoms with Gasteiger partial charge in [0.15, 0.2) is 5.82 Å². The Bertz CT molecular complexity index is 1440. The Labute approximate surface area is 221 Å². The van der Waals surface area contributed by atoms with Gasteiger partial charge in [0.05, 0.1) is 11.6 Å². The fourth-order valence-electron chi connectivity index (χ4n) is 5.76. The minimum Gasteiger partial charge on any atom is -0.393 e. The number of carbonyl (C=O) groups excluding carboxylic acids is 1. The first kappa shape index (κ1) is 24.5. The van der Waals surface area contributed by atoms with E-state index in [0.29, 0.717) is 37.7 Å². The molecule has 0 spiro atoms. The van der Waals surface area contributed by atoms with Crippen LogP contribution in [0.4, 0.5) is 5.95 Å². The number of benzene rings is 2. The number of aliphatic hydroxyl groups excluding tert-OH is 1. The summed E-state index contributed by atoms with van der Waals surface area (Å²) in [4.78, 5) is 24.1. The zero-order valence-corrected chi connectivity index (χ0v) is 21.6. The van der Waals surface area contributed by atoms with Crippen LogP contribution >= 0.6 is 0 Å². The molecule has 2 aliphatic rings. The number of hydrogen-bond donors (Lipinski definition) is 2. The number of carbonyl (C=O) groups is 1. The van der Waals surface area contributed by atoms with Gasteiger partial charge in [-0.2, -0.15) is 9.67 Å². The number of nitrogens with one attached hydrogen (secondary N) is 1. The standard InChI is InChI=1S/C29H33N7O2/c1-19-5-2-3-6-23(19)24-7-4-8-25-27(24)33-34-36(25)26-13-16-30-29(32-26)31-21-11-9-20(10-12-21)28(38)35-17-14-22(37)15-18-35/h2-8,13,16,20-22,37H,9-12,14-15,17-18H2,1H3,(H,30,31,32)/t20-,21-. The predicted octanol–water partition coefficient (Wildman–Crippen LogP) is 4.14. The van der Waals surface area contributed by atoms with Crippen LogP contribution in [0.2, 0.25) is 0 Å². The molecule has 4 aromatic rings. The van der Waals surface area contributed by atoms with E-state index < -0.39 is 0 Å². The van der Waals surface area contributed by atoms with Crippen molar-refractivity contribution in [3.05, 3.63) is 60.3 Å². The van der Waals surface area contributed by atoms with E-state index in [1.54, 1.807) is 10.9 Å². The molecule has 2 aromatic carbocycles. The predicted molar refractivity (Wildman–Crippen MR) is 146 cm³/mol. The lowest BCUT2D eigenvalue weighted by Crippen LogP contribution is -2.44. The second-order valence-corrected chi connectivity index (χ2v) is 10.5. The SMILES string of the molecule is Cc1ccccc1-c1cccc2c1nnn2-c1ccnc(N[C@H]2CC[C@H](C(=O)N3CCC(O)CC3)CC2)n1. The Morgan fingerprint density at radius 1 is 0.947 bits per heavy atom. The molecule has 9 nitrogen and oxygen atoms in total. The fraction of sp³-hybridized carbons (Fsp3) is 0.414. The van der Waals surface area contributed by atoms with Crippen molar-refractivity contribution in [2.45, 2.75) is 57.6 Å². The van der Waals surface area contributed by atoms with Gasteiger partial charge >= 0.3 is 0 Å². The highest BCUT2D eigenvalue weighted by Gasteiger charge is 2.31. The van der Waals surface area contributed by atoms with Crippen LogP contribution in [0, 0.1) is 12.8 Å². The van der Waals surface area contributed by atoms with Gasteiger partial charge in [0.2, 0.25) is 11.9 Å². The highest BCUT2D eigenvalue weighted by Crippen LogP contribution is 2.31. The third-order valence-corrected chi connectivity index (χ3v) is 7.96. The third kappa shape index (κ3) is 4.86. The monoisotopic (exact) mass is 511 g/mol. The molecule has 2 aromatic heterocycles. The van der Waals surface area contributed by atoms with E-state index in [0.717, 1.165) is 47.8 Å². The molecular formula is C29H33N7O2. The maximum absolute atomic E-state index is 12.9. The molecule has 2 fully saturated rings. The maximum Gasteiger partial charge on any atom is 0.225 e. The quantitative estimate of drug-likeness (QED) is 0.414. The van der Waals surface area contributed by atoms with E-state index in [2.05, 4.69) is 45.7 Å². The lowest BCUT2D eigenvalue weighted by Gasteiger charge is -2.35. The summed E-state index contributed by atoms with van der Waals surface area (Å²) in [6.45, 7) is 3.44. The Morgan fingerprint density at radius 3 is 2.50 bits per heavy atom. The number of likely N-dealkylation sites (tertiary alicyclic amines) is 1. The second kappa shape index (κ2) is 10.5. The second-order valence-electron chi connectivity index (χ2n) is 10.5. The number of hydrogen-bond acceptors (Lipinski definition) is 7. The third-order valence-electron chi connectivity index (χ3n) is 7.96. The summed E-state index contributed by atoms with van der Waals surface area (Å²) in [5.41, 5.74) is 5.10. The van der Waals surface area contributed by atoms with Gasteiger partial charge in [0.25, 0.3) is 0 Å². The zero-order valence-electron chi connectivity index (χ0n) is 21.6. The van der Waals surface area contributed by atoms with Crippen molar-refractivity contribution in [2.75, 3.05) is 18.4 Å². The number of nitrogens with zero attached hydrogens (tertiary/aromatic N) is 6. The Balaban J connectivity index is 1.15. The summed E-state index contributed by atoms with van der Waals surface area (Å²) in [5.74, 6) is 1.53. The van der Waals surface area contributed by atoms with E-state index in [-0.39, 0.29) is 24.0 Å². The number of rotatable bonds is 5. The summed E-state index contributed by atoms with van der Waals surface area (Å²) >= 11 is 0. The molecule has 0 bridgehead atoms. The number of fused-ring (bicyclic) bond motifs is 1. The molecule has 6 rings (SSSR count). The lowest BCUT2D eigenvalue weighted by molar-refractivity contribution is -0.138. The van der Waals surface area contributed by atoms with E-state index in [9.17, 15) is 9.90 Å². The highest BCUT2D eigenvalue weighted by molar-refractivity contribution is 5.93. The molecule has 1 saturated heterocycles. The molecule has 196 valence electrons. The molecule has 3 heterocycles. The summed E-state index contributed by atoms with van der Waals surface area (Å²) in [6, 6.07) is 16.4. The molecule has 1 amide bonds. The molecular weight excluding hydrogens is 478 g/mol. The summed E-state index contributed by atoms with van der Waals surface area (Å²) in [6.07, 6.45) is 6.34. The van der Waals surface area contributed by atoms with Gasteiger partial charge in [0, 0.05) is 42.9 Å². The molecule has 38 heavy (non-hydrogen) atoms. The highest BCUT2D eigenvalue weighted by atomic mass is 16.3. The Hall–Kier alpha value is -3.85. The first-order chi connectivity index (χ1) is 18.6.